The number of carbonyl (C=O) groups is 2. The second-order valence-electron chi connectivity index (χ2n) is 8.82. The molecule has 3 aromatic rings. The van der Waals surface area contributed by atoms with Crippen molar-refractivity contribution in [1.82, 2.24) is 9.80 Å². The first-order chi connectivity index (χ1) is 18.4. The Labute approximate surface area is 229 Å². The fraction of sp³-hybridized carbons (Fsp3) is 0.333. The second kappa shape index (κ2) is 15.0. The molecule has 0 aliphatic carbocycles. The summed E-state index contributed by atoms with van der Waals surface area (Å²) in [6, 6.07) is 17.5. The van der Waals surface area contributed by atoms with Crippen LogP contribution in [0.2, 0.25) is 0 Å². The van der Waals surface area contributed by atoms with Gasteiger partial charge < -0.3 is 24.0 Å². The van der Waals surface area contributed by atoms with E-state index in [1.165, 1.54) is 4.90 Å². The van der Waals surface area contributed by atoms with Gasteiger partial charge in [-0.2, -0.15) is 0 Å². The molecule has 7 nitrogen and oxygen atoms in total. The Morgan fingerprint density at radius 2 is 1.71 bits per heavy atom. The molecule has 0 saturated heterocycles. The third-order valence-electron chi connectivity index (χ3n) is 6.14. The molecule has 8 heteroatoms. The molecule has 2 amide bonds. The monoisotopic (exact) mass is 536 g/mol. The number of carbonyl (C=O) groups excluding carboxylic acids is 2. The first-order valence-electron chi connectivity index (χ1n) is 12.5. The standard InChI is InChI=1S/C30H36N2O5S/c1-5-15-31(30(34)22-37-21-25-9-7-6-8-10-25)20-29(33)32(19-28-23(2)14-17-38-28)16-13-24-11-12-26(35-3)27(18-24)36-4/h5-12,14,17-18H,1,13,15-16,19-22H2,2-4H3. The number of benzene rings is 2. The van der Waals surface area contributed by atoms with E-state index in [-0.39, 0.29) is 31.5 Å². The van der Waals surface area contributed by atoms with E-state index in [1.54, 1.807) is 31.6 Å². The number of aryl methyl sites for hydroxylation is 1. The van der Waals surface area contributed by atoms with Gasteiger partial charge in [0.2, 0.25) is 11.8 Å². The van der Waals surface area contributed by atoms with Crippen molar-refractivity contribution in [3.63, 3.8) is 0 Å². The van der Waals surface area contributed by atoms with Crippen LogP contribution in [0.4, 0.5) is 0 Å². The Kier molecular flexibility index (Phi) is 11.4. The molecule has 38 heavy (non-hydrogen) atoms. The molecule has 0 saturated carbocycles. The lowest BCUT2D eigenvalue weighted by Gasteiger charge is -2.27. The van der Waals surface area contributed by atoms with E-state index in [0.717, 1.165) is 21.6 Å². The molecule has 202 valence electrons. The Hall–Kier alpha value is -3.62. The molecule has 1 aromatic heterocycles. The lowest BCUT2D eigenvalue weighted by atomic mass is 10.1. The summed E-state index contributed by atoms with van der Waals surface area (Å²) in [7, 11) is 3.20. The molecule has 0 radical (unpaired) electrons. The molecular formula is C30H36N2O5S. The zero-order chi connectivity index (χ0) is 27.3. The van der Waals surface area contributed by atoms with E-state index >= 15 is 0 Å². The minimum absolute atomic E-state index is 0.0457. The van der Waals surface area contributed by atoms with Gasteiger partial charge in [0, 0.05) is 18.0 Å². The van der Waals surface area contributed by atoms with Crippen molar-refractivity contribution in [2.75, 3.05) is 40.5 Å². The van der Waals surface area contributed by atoms with Crippen molar-refractivity contribution in [3.05, 3.63) is 94.2 Å². The lowest BCUT2D eigenvalue weighted by Crippen LogP contribution is -2.44. The number of ether oxygens (including phenoxy) is 3. The van der Waals surface area contributed by atoms with Gasteiger partial charge in [0.05, 0.1) is 27.4 Å². The van der Waals surface area contributed by atoms with Crippen LogP contribution in [0, 0.1) is 6.92 Å². The molecule has 0 aliphatic rings. The largest absolute Gasteiger partial charge is 0.493 e. The number of methoxy groups -OCH3 is 2. The van der Waals surface area contributed by atoms with E-state index in [9.17, 15) is 9.59 Å². The van der Waals surface area contributed by atoms with Crippen molar-refractivity contribution in [2.24, 2.45) is 0 Å². The van der Waals surface area contributed by atoms with E-state index in [2.05, 4.69) is 12.6 Å². The summed E-state index contributed by atoms with van der Waals surface area (Å²) >= 11 is 1.63. The SMILES string of the molecule is C=CCN(CC(=O)N(CCc1ccc(OC)c(OC)c1)Cc1sccc1C)C(=O)COCc1ccccc1. The van der Waals surface area contributed by atoms with Gasteiger partial charge in [-0.1, -0.05) is 42.5 Å². The molecule has 3 rings (SSSR count). The van der Waals surface area contributed by atoms with Crippen molar-refractivity contribution in [3.8, 4) is 11.5 Å². The summed E-state index contributed by atoms with van der Waals surface area (Å²) in [5, 5.41) is 2.03. The first-order valence-corrected chi connectivity index (χ1v) is 13.3. The fourth-order valence-electron chi connectivity index (χ4n) is 3.93. The highest BCUT2D eigenvalue weighted by atomic mass is 32.1. The molecule has 0 fully saturated rings. The Bertz CT molecular complexity index is 1190. The van der Waals surface area contributed by atoms with E-state index in [4.69, 9.17) is 14.2 Å². The summed E-state index contributed by atoms with van der Waals surface area (Å²) < 4.78 is 16.4. The zero-order valence-electron chi connectivity index (χ0n) is 22.4. The zero-order valence-corrected chi connectivity index (χ0v) is 23.2. The highest BCUT2D eigenvalue weighted by molar-refractivity contribution is 7.10. The van der Waals surface area contributed by atoms with Crippen molar-refractivity contribution >= 4 is 23.2 Å². The predicted molar refractivity (Wildman–Crippen MR) is 151 cm³/mol. The Balaban J connectivity index is 1.67. The van der Waals surface area contributed by atoms with Crippen LogP contribution in [0.15, 0.2) is 72.6 Å². The average molecular weight is 537 g/mol. The van der Waals surface area contributed by atoms with Gasteiger partial charge in [0.15, 0.2) is 11.5 Å². The third kappa shape index (κ3) is 8.46. The molecule has 0 atom stereocenters. The van der Waals surface area contributed by atoms with Crippen LogP contribution in [0.1, 0.15) is 21.6 Å². The van der Waals surface area contributed by atoms with Gasteiger partial charge in [-0.25, -0.2) is 0 Å². The normalized spacial score (nSPS) is 10.6. The highest BCUT2D eigenvalue weighted by Gasteiger charge is 2.22. The van der Waals surface area contributed by atoms with Crippen molar-refractivity contribution in [1.29, 1.82) is 0 Å². The average Bonchev–Trinajstić information content (AvgIpc) is 3.34. The molecule has 2 aromatic carbocycles. The summed E-state index contributed by atoms with van der Waals surface area (Å²) in [6.07, 6.45) is 2.26. The smallest absolute Gasteiger partial charge is 0.249 e. The van der Waals surface area contributed by atoms with Crippen LogP contribution in [0.3, 0.4) is 0 Å². The van der Waals surface area contributed by atoms with Gasteiger partial charge in [-0.3, -0.25) is 9.59 Å². The van der Waals surface area contributed by atoms with Crippen LogP contribution in [0.25, 0.3) is 0 Å². The maximum absolute atomic E-state index is 13.5. The number of thiophene rings is 1. The molecular weight excluding hydrogens is 500 g/mol. The Morgan fingerprint density at radius 3 is 2.37 bits per heavy atom. The van der Waals surface area contributed by atoms with Crippen LogP contribution in [0.5, 0.6) is 11.5 Å². The number of nitrogens with zero attached hydrogens (tertiary/aromatic N) is 2. The minimum atomic E-state index is -0.249. The lowest BCUT2D eigenvalue weighted by molar-refractivity contribution is -0.143. The quantitative estimate of drug-likeness (QED) is 0.259. The van der Waals surface area contributed by atoms with Gasteiger partial charge >= 0.3 is 0 Å². The van der Waals surface area contributed by atoms with Gasteiger partial charge in [0.1, 0.15) is 13.2 Å². The van der Waals surface area contributed by atoms with Gasteiger partial charge in [-0.15, -0.1) is 17.9 Å². The van der Waals surface area contributed by atoms with E-state index in [1.807, 2.05) is 65.7 Å². The fourth-order valence-corrected chi connectivity index (χ4v) is 4.85. The number of rotatable bonds is 15. The van der Waals surface area contributed by atoms with Crippen LogP contribution in [-0.2, 0) is 33.9 Å². The molecule has 1 heterocycles. The van der Waals surface area contributed by atoms with Gasteiger partial charge in [-0.05, 0) is 53.6 Å². The van der Waals surface area contributed by atoms with E-state index < -0.39 is 0 Å². The van der Waals surface area contributed by atoms with Crippen LogP contribution >= 0.6 is 11.3 Å². The molecule has 0 bridgehead atoms. The van der Waals surface area contributed by atoms with E-state index in [0.29, 0.717) is 37.6 Å². The Morgan fingerprint density at radius 1 is 0.947 bits per heavy atom. The maximum atomic E-state index is 13.5. The van der Waals surface area contributed by atoms with Crippen molar-refractivity contribution < 1.29 is 23.8 Å². The predicted octanol–water partition coefficient (Wildman–Crippen LogP) is 4.88. The molecule has 0 aliphatic heterocycles. The summed E-state index contributed by atoms with van der Waals surface area (Å²) in [5.41, 5.74) is 3.16. The minimum Gasteiger partial charge on any atom is -0.493 e. The second-order valence-corrected chi connectivity index (χ2v) is 9.82. The topological polar surface area (TPSA) is 68.3 Å². The third-order valence-corrected chi connectivity index (χ3v) is 7.15. The maximum Gasteiger partial charge on any atom is 0.249 e. The highest BCUT2D eigenvalue weighted by Crippen LogP contribution is 2.28. The first kappa shape index (κ1) is 28.9. The summed E-state index contributed by atoms with van der Waals surface area (Å²) in [6.45, 7) is 7.22. The molecule has 0 spiro atoms. The number of hydrogen-bond donors (Lipinski definition) is 0. The summed E-state index contributed by atoms with van der Waals surface area (Å²) in [4.78, 5) is 30.9. The molecule has 0 unspecified atom stereocenters. The van der Waals surface area contributed by atoms with Gasteiger partial charge in [0.25, 0.3) is 0 Å². The number of amides is 2. The molecule has 0 N–H and O–H groups in total. The van der Waals surface area contributed by atoms with Crippen molar-refractivity contribution in [2.45, 2.75) is 26.5 Å². The van der Waals surface area contributed by atoms with Crippen LogP contribution < -0.4 is 9.47 Å². The summed E-state index contributed by atoms with van der Waals surface area (Å²) in [5.74, 6) is 0.930. The van der Waals surface area contributed by atoms with Crippen LogP contribution in [-0.4, -0.2) is 62.1 Å². The number of hydrogen-bond acceptors (Lipinski definition) is 6.